The second kappa shape index (κ2) is 13.6. The first-order chi connectivity index (χ1) is 20.9. The Balaban J connectivity index is 1.65. The molecule has 3 amide bonds. The highest BCUT2D eigenvalue weighted by atomic mass is 35.5. The van der Waals surface area contributed by atoms with Crippen LogP contribution in [0, 0.1) is 5.92 Å². The van der Waals surface area contributed by atoms with Crippen molar-refractivity contribution >= 4 is 29.3 Å². The van der Waals surface area contributed by atoms with Crippen molar-refractivity contribution in [2.45, 2.75) is 31.5 Å². The quantitative estimate of drug-likeness (QED) is 0.219. The molecule has 4 atom stereocenters. The lowest BCUT2D eigenvalue weighted by Crippen LogP contribution is -2.51. The van der Waals surface area contributed by atoms with E-state index < -0.39 is 30.0 Å². The minimum Gasteiger partial charge on any atom is -0.497 e. The van der Waals surface area contributed by atoms with Gasteiger partial charge in [-0.3, -0.25) is 9.59 Å². The molecule has 0 bridgehead atoms. The van der Waals surface area contributed by atoms with E-state index in [4.69, 9.17) is 16.3 Å². The lowest BCUT2D eigenvalue weighted by molar-refractivity contribution is -0.125. The molecular weight excluding hydrogens is 562 g/mol. The number of halogens is 1. The average Bonchev–Trinajstić information content (AvgIpc) is 3.41. The first-order valence-corrected chi connectivity index (χ1v) is 14.7. The number of nitrogens with zero attached hydrogens (tertiary/aromatic N) is 1. The van der Waals surface area contributed by atoms with Crippen molar-refractivity contribution in [2.24, 2.45) is 5.92 Å². The maximum Gasteiger partial charge on any atom is 0.318 e. The minimum atomic E-state index is -0.981. The molecule has 0 aromatic heterocycles. The Hall–Kier alpha value is -4.62. The molecule has 7 nitrogen and oxygen atoms in total. The summed E-state index contributed by atoms with van der Waals surface area (Å²) in [5.41, 5.74) is 2.91. The molecule has 4 unspecified atom stereocenters. The van der Waals surface area contributed by atoms with E-state index in [1.54, 1.807) is 36.3 Å². The van der Waals surface area contributed by atoms with Crippen molar-refractivity contribution in [3.8, 4) is 5.75 Å². The van der Waals surface area contributed by atoms with Gasteiger partial charge in [0.2, 0.25) is 5.91 Å². The molecule has 220 valence electrons. The van der Waals surface area contributed by atoms with E-state index in [-0.39, 0.29) is 18.2 Å². The molecule has 43 heavy (non-hydrogen) atoms. The predicted octanol–water partition coefficient (Wildman–Crippen LogP) is 6.40. The smallest absolute Gasteiger partial charge is 0.318 e. The van der Waals surface area contributed by atoms with Crippen molar-refractivity contribution in [3.05, 3.63) is 136 Å². The highest BCUT2D eigenvalue weighted by Crippen LogP contribution is 2.51. The molecule has 1 aliphatic rings. The molecule has 4 aromatic carbocycles. The fourth-order valence-corrected chi connectivity index (χ4v) is 6.05. The van der Waals surface area contributed by atoms with Gasteiger partial charge in [0.1, 0.15) is 11.8 Å². The number of methoxy groups -OCH3 is 1. The zero-order valence-electron chi connectivity index (χ0n) is 24.1. The van der Waals surface area contributed by atoms with E-state index in [9.17, 15) is 14.4 Å². The van der Waals surface area contributed by atoms with Gasteiger partial charge in [-0.15, -0.1) is 0 Å². The number of ether oxygens (including phenoxy) is 1. The normalized spacial score (nSPS) is 19.5. The van der Waals surface area contributed by atoms with E-state index in [1.807, 2.05) is 91.9 Å². The Labute approximate surface area is 256 Å². The number of nitrogens with one attached hydrogen (secondary N) is 2. The molecule has 1 heterocycles. The summed E-state index contributed by atoms with van der Waals surface area (Å²) in [7, 11) is 1.60. The summed E-state index contributed by atoms with van der Waals surface area (Å²) >= 11 is 6.25. The Morgan fingerprint density at radius 2 is 1.42 bits per heavy atom. The zero-order valence-corrected chi connectivity index (χ0v) is 24.8. The lowest BCUT2D eigenvalue weighted by Gasteiger charge is -2.31. The molecular formula is C35H34ClN3O4. The fraction of sp³-hybridized carbons (Fsp3) is 0.229. The third kappa shape index (κ3) is 6.42. The van der Waals surface area contributed by atoms with Crippen LogP contribution in [0.4, 0.5) is 4.79 Å². The second-order valence-electron chi connectivity index (χ2n) is 10.4. The van der Waals surface area contributed by atoms with E-state index >= 15 is 0 Å². The molecule has 0 radical (unpaired) electrons. The number of Topliss-reactive ketones (excluding diaryl/α,β-unsaturated/α-hetero) is 1. The van der Waals surface area contributed by atoms with Crippen LogP contribution in [0.3, 0.4) is 0 Å². The summed E-state index contributed by atoms with van der Waals surface area (Å²) in [6.45, 7) is 2.43. The molecule has 8 heteroatoms. The largest absolute Gasteiger partial charge is 0.497 e. The van der Waals surface area contributed by atoms with Gasteiger partial charge in [-0.05, 0) is 47.9 Å². The van der Waals surface area contributed by atoms with Gasteiger partial charge in [0, 0.05) is 29.6 Å². The second-order valence-corrected chi connectivity index (χ2v) is 10.9. The zero-order chi connectivity index (χ0) is 30.3. The van der Waals surface area contributed by atoms with Gasteiger partial charge < -0.3 is 20.3 Å². The van der Waals surface area contributed by atoms with Crippen LogP contribution in [0.5, 0.6) is 5.75 Å². The first kappa shape index (κ1) is 29.9. The van der Waals surface area contributed by atoms with Gasteiger partial charge >= 0.3 is 6.03 Å². The van der Waals surface area contributed by atoms with Gasteiger partial charge in [0.05, 0.1) is 19.1 Å². The van der Waals surface area contributed by atoms with E-state index in [2.05, 4.69) is 10.6 Å². The third-order valence-corrected chi connectivity index (χ3v) is 8.13. The molecule has 5 rings (SSSR count). The lowest BCUT2D eigenvalue weighted by atomic mass is 9.76. The van der Waals surface area contributed by atoms with Crippen LogP contribution < -0.4 is 15.4 Å². The Morgan fingerprint density at radius 3 is 2.02 bits per heavy atom. The van der Waals surface area contributed by atoms with Gasteiger partial charge in [0.25, 0.3) is 0 Å². The molecule has 1 fully saturated rings. The summed E-state index contributed by atoms with van der Waals surface area (Å²) in [5.74, 6) is -1.17. The van der Waals surface area contributed by atoms with Crippen molar-refractivity contribution in [2.75, 3.05) is 13.7 Å². The van der Waals surface area contributed by atoms with Gasteiger partial charge in [0.15, 0.2) is 5.78 Å². The Bertz CT molecular complexity index is 1550. The van der Waals surface area contributed by atoms with E-state index in [1.165, 1.54) is 0 Å². The van der Waals surface area contributed by atoms with Crippen molar-refractivity contribution in [3.63, 3.8) is 0 Å². The van der Waals surface area contributed by atoms with Crippen LogP contribution in [0.2, 0.25) is 5.02 Å². The van der Waals surface area contributed by atoms with Gasteiger partial charge in [-0.1, -0.05) is 96.5 Å². The summed E-state index contributed by atoms with van der Waals surface area (Å²) in [5, 5.41) is 6.48. The van der Waals surface area contributed by atoms with Crippen LogP contribution in [0.25, 0.3) is 0 Å². The molecule has 1 saturated heterocycles. The molecule has 0 saturated carbocycles. The maximum absolute atomic E-state index is 14.5. The summed E-state index contributed by atoms with van der Waals surface area (Å²) in [6, 6.07) is 30.9. The molecule has 0 aliphatic carbocycles. The monoisotopic (exact) mass is 595 g/mol. The van der Waals surface area contributed by atoms with Crippen molar-refractivity contribution < 1.29 is 19.1 Å². The fourth-order valence-electron chi connectivity index (χ4n) is 5.93. The highest BCUT2D eigenvalue weighted by Gasteiger charge is 2.57. The number of hydrogen-bond acceptors (Lipinski definition) is 4. The summed E-state index contributed by atoms with van der Waals surface area (Å²) < 4.78 is 5.26. The number of benzene rings is 4. The number of rotatable bonds is 9. The van der Waals surface area contributed by atoms with Crippen LogP contribution in [0.15, 0.2) is 109 Å². The molecule has 2 N–H and O–H groups in total. The van der Waals surface area contributed by atoms with Gasteiger partial charge in [-0.2, -0.15) is 0 Å². The Kier molecular flexibility index (Phi) is 9.42. The van der Waals surface area contributed by atoms with Crippen LogP contribution in [0.1, 0.15) is 45.9 Å². The number of hydrogen-bond donors (Lipinski definition) is 2. The predicted molar refractivity (Wildman–Crippen MR) is 167 cm³/mol. The highest BCUT2D eigenvalue weighted by molar-refractivity contribution is 6.30. The first-order valence-electron chi connectivity index (χ1n) is 14.3. The topological polar surface area (TPSA) is 87.7 Å². The minimum absolute atomic E-state index is 0.144. The number of likely N-dealkylation sites (tertiary alicyclic amines) is 1. The molecule has 1 aliphatic heterocycles. The third-order valence-electron chi connectivity index (χ3n) is 7.88. The standard InChI is InChI=1S/C35H34ClN3O4/c1-3-37-35(42)39-31(25-16-18-27(36)19-17-25)30(33(40)26-12-8-5-9-13-26)29(24-10-6-4-7-11-24)32(39)34(41)38-22-23-14-20-28(43-2)21-15-23/h4-21,29-32H,3,22H2,1-2H3,(H,37,42)(H,38,41). The van der Waals surface area contributed by atoms with Crippen LogP contribution >= 0.6 is 11.6 Å². The van der Waals surface area contributed by atoms with E-state index in [0.717, 1.165) is 16.7 Å². The average molecular weight is 596 g/mol. The summed E-state index contributed by atoms with van der Waals surface area (Å²) in [4.78, 5) is 44.3. The number of amides is 3. The maximum atomic E-state index is 14.5. The van der Waals surface area contributed by atoms with Gasteiger partial charge in [-0.25, -0.2) is 4.79 Å². The molecule has 4 aromatic rings. The van der Waals surface area contributed by atoms with Crippen molar-refractivity contribution in [1.29, 1.82) is 0 Å². The van der Waals surface area contributed by atoms with Crippen LogP contribution in [-0.4, -0.2) is 42.3 Å². The number of ketones is 1. The van der Waals surface area contributed by atoms with Crippen molar-refractivity contribution in [1.82, 2.24) is 15.5 Å². The Morgan fingerprint density at radius 1 is 0.791 bits per heavy atom. The molecule has 0 spiro atoms. The number of carbonyl (C=O) groups is 3. The van der Waals surface area contributed by atoms with Crippen LogP contribution in [-0.2, 0) is 11.3 Å². The van der Waals surface area contributed by atoms with E-state index in [0.29, 0.717) is 22.9 Å². The number of carbonyl (C=O) groups excluding carboxylic acids is 3. The SMILES string of the molecule is CCNC(=O)N1C(C(=O)NCc2ccc(OC)cc2)C(c2ccccc2)C(C(=O)c2ccccc2)C1c1ccc(Cl)cc1. The summed E-state index contributed by atoms with van der Waals surface area (Å²) in [6.07, 6.45) is 0. The number of urea groups is 1.